The average Bonchev–Trinajstić information content (AvgIpc) is 2.28. The van der Waals surface area contributed by atoms with Crippen LogP contribution in [0.25, 0.3) is 0 Å². The third-order valence-corrected chi connectivity index (χ3v) is 2.60. The molecule has 4 heteroatoms. The molecule has 15 heavy (non-hydrogen) atoms. The van der Waals surface area contributed by atoms with Crippen LogP contribution < -0.4 is 10.6 Å². The van der Waals surface area contributed by atoms with Crippen LogP contribution in [0.15, 0.2) is 24.3 Å². The number of benzene rings is 1. The van der Waals surface area contributed by atoms with E-state index in [4.69, 9.17) is 16.3 Å². The lowest BCUT2D eigenvalue weighted by Crippen LogP contribution is -2.42. The summed E-state index contributed by atoms with van der Waals surface area (Å²) in [5.41, 5.74) is 1.04. The second-order valence-corrected chi connectivity index (χ2v) is 4.02. The lowest BCUT2D eigenvalue weighted by atomic mass is 10.2. The van der Waals surface area contributed by atoms with Crippen LogP contribution in [0.2, 0.25) is 5.02 Å². The molecule has 1 aromatic carbocycles. The number of hydrogen-bond donors (Lipinski definition) is 2. The molecule has 1 aromatic rings. The van der Waals surface area contributed by atoms with E-state index in [2.05, 4.69) is 10.6 Å². The smallest absolute Gasteiger partial charge is 0.0872 e. The fourth-order valence-electron chi connectivity index (χ4n) is 1.58. The van der Waals surface area contributed by atoms with E-state index in [0.29, 0.717) is 0 Å². The van der Waals surface area contributed by atoms with Gasteiger partial charge < -0.3 is 15.4 Å². The van der Waals surface area contributed by atoms with E-state index in [-0.39, 0.29) is 6.10 Å². The third-order valence-electron chi connectivity index (χ3n) is 2.36. The highest BCUT2D eigenvalue weighted by Gasteiger charge is 2.12. The molecule has 0 radical (unpaired) electrons. The maximum atomic E-state index is 5.88. The Hall–Kier alpha value is -0.770. The summed E-state index contributed by atoms with van der Waals surface area (Å²) in [4.78, 5) is 0. The van der Waals surface area contributed by atoms with Gasteiger partial charge in [-0.3, -0.25) is 0 Å². The fourth-order valence-corrected chi connectivity index (χ4v) is 1.77. The van der Waals surface area contributed by atoms with Crippen molar-refractivity contribution >= 4 is 17.3 Å². The van der Waals surface area contributed by atoms with Gasteiger partial charge in [0.05, 0.1) is 12.7 Å². The van der Waals surface area contributed by atoms with Crippen molar-refractivity contribution in [2.45, 2.75) is 6.10 Å². The Morgan fingerprint density at radius 2 is 2.47 bits per heavy atom. The molecule has 0 aromatic heterocycles. The van der Waals surface area contributed by atoms with Gasteiger partial charge in [0.25, 0.3) is 0 Å². The fraction of sp³-hybridized carbons (Fsp3) is 0.455. The first kappa shape index (κ1) is 10.7. The second kappa shape index (κ2) is 5.35. The lowest BCUT2D eigenvalue weighted by molar-refractivity contribution is 0.0372. The summed E-state index contributed by atoms with van der Waals surface area (Å²) >= 11 is 5.88. The number of hydrogen-bond acceptors (Lipinski definition) is 3. The summed E-state index contributed by atoms with van der Waals surface area (Å²) in [7, 11) is 0. The van der Waals surface area contributed by atoms with Crippen molar-refractivity contribution in [1.82, 2.24) is 5.32 Å². The maximum Gasteiger partial charge on any atom is 0.0872 e. The Morgan fingerprint density at radius 1 is 1.53 bits per heavy atom. The minimum absolute atomic E-state index is 0.248. The van der Waals surface area contributed by atoms with Gasteiger partial charge in [-0.05, 0) is 18.2 Å². The summed E-state index contributed by atoms with van der Waals surface area (Å²) in [6, 6.07) is 7.72. The van der Waals surface area contributed by atoms with Gasteiger partial charge in [0.1, 0.15) is 0 Å². The van der Waals surface area contributed by atoms with Crippen LogP contribution in [-0.2, 0) is 4.74 Å². The van der Waals surface area contributed by atoms with Crippen molar-refractivity contribution in [1.29, 1.82) is 0 Å². The lowest BCUT2D eigenvalue weighted by Gasteiger charge is -2.24. The number of halogens is 1. The molecule has 1 aliphatic heterocycles. The van der Waals surface area contributed by atoms with E-state index in [1.807, 2.05) is 24.3 Å². The minimum Gasteiger partial charge on any atom is -0.382 e. The summed E-state index contributed by atoms with van der Waals surface area (Å²) in [5.74, 6) is 0. The van der Waals surface area contributed by atoms with E-state index >= 15 is 0 Å². The van der Waals surface area contributed by atoms with Crippen molar-refractivity contribution in [3.8, 4) is 0 Å². The van der Waals surface area contributed by atoms with Crippen LogP contribution in [-0.4, -0.2) is 32.3 Å². The predicted octanol–water partition coefficient (Wildman–Crippen LogP) is 1.74. The molecule has 1 heterocycles. The zero-order chi connectivity index (χ0) is 10.5. The van der Waals surface area contributed by atoms with Crippen LogP contribution in [0.1, 0.15) is 0 Å². The van der Waals surface area contributed by atoms with Crippen molar-refractivity contribution in [2.75, 3.05) is 31.6 Å². The van der Waals surface area contributed by atoms with E-state index in [1.54, 1.807) is 0 Å². The van der Waals surface area contributed by atoms with Gasteiger partial charge in [-0.15, -0.1) is 0 Å². The Balaban J connectivity index is 1.81. The van der Waals surface area contributed by atoms with Crippen LogP contribution in [0.3, 0.4) is 0 Å². The monoisotopic (exact) mass is 226 g/mol. The quantitative estimate of drug-likeness (QED) is 0.824. The van der Waals surface area contributed by atoms with E-state index in [9.17, 15) is 0 Å². The SMILES string of the molecule is Clc1cccc(NCC2CNCCO2)c1. The van der Waals surface area contributed by atoms with Gasteiger partial charge in [-0.25, -0.2) is 0 Å². The molecule has 1 aliphatic rings. The molecule has 2 rings (SSSR count). The van der Waals surface area contributed by atoms with E-state index in [0.717, 1.165) is 37.0 Å². The Kier molecular flexibility index (Phi) is 3.83. The molecule has 3 nitrogen and oxygen atoms in total. The van der Waals surface area contributed by atoms with Crippen molar-refractivity contribution in [3.63, 3.8) is 0 Å². The molecule has 0 spiro atoms. The van der Waals surface area contributed by atoms with Crippen LogP contribution in [0, 0.1) is 0 Å². The molecule has 0 saturated carbocycles. The van der Waals surface area contributed by atoms with Gasteiger partial charge >= 0.3 is 0 Å². The zero-order valence-corrected chi connectivity index (χ0v) is 9.26. The first-order valence-electron chi connectivity index (χ1n) is 5.16. The Bertz CT molecular complexity index is 313. The van der Waals surface area contributed by atoms with E-state index < -0.39 is 0 Å². The highest BCUT2D eigenvalue weighted by atomic mass is 35.5. The summed E-state index contributed by atoms with van der Waals surface area (Å²) < 4.78 is 5.57. The zero-order valence-electron chi connectivity index (χ0n) is 8.50. The molecule has 1 atom stereocenters. The summed E-state index contributed by atoms with van der Waals surface area (Å²) in [6.07, 6.45) is 0.248. The summed E-state index contributed by atoms with van der Waals surface area (Å²) in [6.45, 7) is 3.47. The van der Waals surface area contributed by atoms with Crippen molar-refractivity contribution in [2.24, 2.45) is 0 Å². The van der Waals surface area contributed by atoms with E-state index in [1.165, 1.54) is 0 Å². The molecule has 2 N–H and O–H groups in total. The predicted molar refractivity (Wildman–Crippen MR) is 62.6 cm³/mol. The number of nitrogens with one attached hydrogen (secondary N) is 2. The minimum atomic E-state index is 0.248. The standard InChI is InChI=1S/C11H15ClN2O/c12-9-2-1-3-10(6-9)14-8-11-7-13-4-5-15-11/h1-3,6,11,13-14H,4-5,7-8H2. The third kappa shape index (κ3) is 3.38. The van der Waals surface area contributed by atoms with Crippen LogP contribution >= 0.6 is 11.6 Å². The van der Waals surface area contributed by atoms with Crippen molar-refractivity contribution < 1.29 is 4.74 Å². The van der Waals surface area contributed by atoms with Crippen molar-refractivity contribution in [3.05, 3.63) is 29.3 Å². The maximum absolute atomic E-state index is 5.88. The Labute approximate surface area is 94.8 Å². The van der Waals surface area contributed by atoms with Crippen LogP contribution in [0.5, 0.6) is 0 Å². The molecule has 0 amide bonds. The molecule has 0 bridgehead atoms. The van der Waals surface area contributed by atoms with Gasteiger partial charge in [0.15, 0.2) is 0 Å². The molecule has 1 saturated heterocycles. The molecular formula is C11H15ClN2O. The summed E-state index contributed by atoms with van der Waals surface area (Å²) in [5, 5.41) is 7.35. The van der Waals surface area contributed by atoms with Crippen LogP contribution in [0.4, 0.5) is 5.69 Å². The molecule has 1 unspecified atom stereocenters. The molecule has 0 aliphatic carbocycles. The number of ether oxygens (including phenoxy) is 1. The molecule has 82 valence electrons. The van der Waals surface area contributed by atoms with Gasteiger partial charge in [0, 0.05) is 30.3 Å². The highest BCUT2D eigenvalue weighted by molar-refractivity contribution is 6.30. The Morgan fingerprint density at radius 3 is 3.20 bits per heavy atom. The highest BCUT2D eigenvalue weighted by Crippen LogP contribution is 2.14. The largest absolute Gasteiger partial charge is 0.382 e. The van der Waals surface area contributed by atoms with Gasteiger partial charge in [-0.2, -0.15) is 0 Å². The number of rotatable bonds is 3. The van der Waals surface area contributed by atoms with Gasteiger partial charge in [-0.1, -0.05) is 17.7 Å². The number of anilines is 1. The number of morpholine rings is 1. The van der Waals surface area contributed by atoms with Gasteiger partial charge in [0.2, 0.25) is 0 Å². The first-order chi connectivity index (χ1) is 7.34. The second-order valence-electron chi connectivity index (χ2n) is 3.59. The average molecular weight is 227 g/mol. The topological polar surface area (TPSA) is 33.3 Å². The first-order valence-corrected chi connectivity index (χ1v) is 5.54. The molecule has 1 fully saturated rings. The normalized spacial score (nSPS) is 21.3. The molecular weight excluding hydrogens is 212 g/mol.